The topological polar surface area (TPSA) is 57.5 Å². The Hall–Kier alpha value is -0.570. The first-order valence-electron chi connectivity index (χ1n) is 11.4. The van der Waals surface area contributed by atoms with Gasteiger partial charge in [-0.25, -0.2) is 0 Å². The lowest BCUT2D eigenvalue weighted by atomic mass is 9.49. The Morgan fingerprint density at radius 3 is 2.69 bits per heavy atom. The fourth-order valence-corrected chi connectivity index (χ4v) is 8.17. The van der Waals surface area contributed by atoms with Crippen molar-refractivity contribution >= 4 is 5.97 Å². The average molecular weight is 363 g/mol. The third kappa shape index (κ3) is 3.02. The molecule has 0 radical (unpaired) electrons. The van der Waals surface area contributed by atoms with Crippen LogP contribution >= 0.6 is 0 Å². The second kappa shape index (κ2) is 7.11. The van der Waals surface area contributed by atoms with E-state index in [1.54, 1.807) is 0 Å². The van der Waals surface area contributed by atoms with Crippen LogP contribution in [0.1, 0.15) is 96.8 Å². The lowest BCUT2D eigenvalue weighted by molar-refractivity contribution is -0.137. The standard InChI is InChI=1S/C23H38O3/c1-22-17(6-4-7-21(25)26)10-11-19(22)16-8-9-18-5-2-3-13-23(18,15-16)14-12-20(22)24/h16-20,24H,2-15H2,1H3,(H,25,26)/t16?,17?,18?,19?,20-,22?,23?/m0/s1. The van der Waals surface area contributed by atoms with Crippen molar-refractivity contribution in [2.75, 3.05) is 0 Å². The van der Waals surface area contributed by atoms with Crippen molar-refractivity contribution < 1.29 is 15.0 Å². The molecule has 7 atom stereocenters. The molecular formula is C23H38O3. The summed E-state index contributed by atoms with van der Waals surface area (Å²) in [5.74, 6) is 2.22. The minimum Gasteiger partial charge on any atom is -0.481 e. The predicted octanol–water partition coefficient (Wildman–Crippen LogP) is 5.41. The van der Waals surface area contributed by atoms with E-state index in [2.05, 4.69) is 6.92 Å². The second-order valence-corrected chi connectivity index (χ2v) is 10.4. The molecule has 4 rings (SSSR count). The Morgan fingerprint density at radius 1 is 1.04 bits per heavy atom. The summed E-state index contributed by atoms with van der Waals surface area (Å²) in [4.78, 5) is 10.9. The Labute approximate surface area is 158 Å². The van der Waals surface area contributed by atoms with E-state index in [9.17, 15) is 9.90 Å². The number of aliphatic carboxylic acids is 1. The lowest BCUT2D eigenvalue weighted by Crippen LogP contribution is -2.51. The first-order valence-corrected chi connectivity index (χ1v) is 11.4. The Balaban J connectivity index is 1.54. The van der Waals surface area contributed by atoms with E-state index in [0.29, 0.717) is 17.3 Å². The van der Waals surface area contributed by atoms with Gasteiger partial charge in [-0.1, -0.05) is 19.8 Å². The largest absolute Gasteiger partial charge is 0.481 e. The number of hydrogen-bond acceptors (Lipinski definition) is 2. The number of aliphatic hydroxyl groups is 1. The second-order valence-electron chi connectivity index (χ2n) is 10.4. The summed E-state index contributed by atoms with van der Waals surface area (Å²) >= 11 is 0. The summed E-state index contributed by atoms with van der Waals surface area (Å²) in [5, 5.41) is 20.3. The van der Waals surface area contributed by atoms with Crippen LogP contribution in [0.3, 0.4) is 0 Å². The van der Waals surface area contributed by atoms with Gasteiger partial charge in [-0.05, 0) is 105 Å². The zero-order valence-electron chi connectivity index (χ0n) is 16.6. The molecule has 148 valence electrons. The quantitative estimate of drug-likeness (QED) is 0.703. The maximum absolute atomic E-state index is 11.3. The van der Waals surface area contributed by atoms with Crippen LogP contribution in [0.4, 0.5) is 0 Å². The molecule has 4 aliphatic rings. The highest BCUT2D eigenvalue weighted by molar-refractivity contribution is 5.66. The average Bonchev–Trinajstić information content (AvgIpc) is 2.96. The van der Waals surface area contributed by atoms with Gasteiger partial charge in [-0.15, -0.1) is 0 Å². The third-order valence-corrected chi connectivity index (χ3v) is 9.55. The first kappa shape index (κ1) is 18.8. The zero-order chi connectivity index (χ0) is 18.4. The van der Waals surface area contributed by atoms with Gasteiger partial charge in [-0.3, -0.25) is 4.79 Å². The highest BCUT2D eigenvalue weighted by atomic mass is 16.4. The number of aliphatic hydroxyl groups excluding tert-OH is 1. The van der Waals surface area contributed by atoms with Gasteiger partial charge in [0.1, 0.15) is 0 Å². The molecule has 0 aliphatic heterocycles. The number of rotatable bonds is 4. The van der Waals surface area contributed by atoms with E-state index in [1.807, 2.05) is 0 Å². The fourth-order valence-electron chi connectivity index (χ4n) is 8.17. The van der Waals surface area contributed by atoms with E-state index in [4.69, 9.17) is 5.11 Å². The summed E-state index contributed by atoms with van der Waals surface area (Å²) in [6.07, 6.45) is 16.4. The van der Waals surface area contributed by atoms with Crippen molar-refractivity contribution in [1.29, 1.82) is 0 Å². The molecule has 0 heterocycles. The van der Waals surface area contributed by atoms with Crippen LogP contribution in [0.25, 0.3) is 0 Å². The summed E-state index contributed by atoms with van der Waals surface area (Å²) < 4.78 is 0. The van der Waals surface area contributed by atoms with Gasteiger partial charge in [0, 0.05) is 6.42 Å². The summed E-state index contributed by atoms with van der Waals surface area (Å²) in [5.41, 5.74) is 0.567. The first-order chi connectivity index (χ1) is 12.5. The van der Waals surface area contributed by atoms with E-state index < -0.39 is 5.97 Å². The van der Waals surface area contributed by atoms with Crippen LogP contribution in [0.15, 0.2) is 0 Å². The van der Waals surface area contributed by atoms with Crippen molar-refractivity contribution in [2.24, 2.45) is 34.5 Å². The van der Waals surface area contributed by atoms with E-state index in [1.165, 1.54) is 64.2 Å². The van der Waals surface area contributed by atoms with E-state index >= 15 is 0 Å². The molecule has 0 aromatic heterocycles. The lowest BCUT2D eigenvalue weighted by Gasteiger charge is -2.57. The van der Waals surface area contributed by atoms with Crippen LogP contribution in [0, 0.1) is 34.5 Å². The molecule has 4 saturated carbocycles. The number of hydrogen-bond donors (Lipinski definition) is 2. The van der Waals surface area contributed by atoms with Gasteiger partial charge in [-0.2, -0.15) is 0 Å². The number of carbonyl (C=O) groups is 1. The normalized spacial score (nSPS) is 48.2. The molecule has 0 aromatic carbocycles. The highest BCUT2D eigenvalue weighted by Crippen LogP contribution is 2.64. The minimum absolute atomic E-state index is 0.0201. The van der Waals surface area contributed by atoms with Crippen LogP contribution in [0.2, 0.25) is 0 Å². The van der Waals surface area contributed by atoms with Crippen LogP contribution < -0.4 is 0 Å². The minimum atomic E-state index is -0.680. The molecule has 3 heteroatoms. The number of carboxylic acids is 1. The molecule has 6 unspecified atom stereocenters. The molecule has 2 bridgehead atoms. The van der Waals surface area contributed by atoms with Crippen molar-refractivity contribution in [3.8, 4) is 0 Å². The van der Waals surface area contributed by atoms with Gasteiger partial charge in [0.2, 0.25) is 0 Å². The smallest absolute Gasteiger partial charge is 0.303 e. The van der Waals surface area contributed by atoms with Gasteiger partial charge in [0.15, 0.2) is 0 Å². The third-order valence-electron chi connectivity index (χ3n) is 9.55. The molecular weight excluding hydrogens is 324 g/mol. The Bertz CT molecular complexity index is 532. The highest BCUT2D eigenvalue weighted by Gasteiger charge is 2.57. The van der Waals surface area contributed by atoms with Crippen molar-refractivity contribution in [2.45, 2.75) is 103 Å². The van der Waals surface area contributed by atoms with E-state index in [0.717, 1.165) is 31.1 Å². The van der Waals surface area contributed by atoms with Crippen molar-refractivity contribution in [3.05, 3.63) is 0 Å². The monoisotopic (exact) mass is 362 g/mol. The van der Waals surface area contributed by atoms with Crippen molar-refractivity contribution in [1.82, 2.24) is 0 Å². The summed E-state index contributed by atoms with van der Waals surface area (Å²) in [7, 11) is 0. The van der Waals surface area contributed by atoms with Crippen molar-refractivity contribution in [3.63, 3.8) is 0 Å². The molecule has 0 aromatic rings. The van der Waals surface area contributed by atoms with Gasteiger partial charge in [0.25, 0.3) is 0 Å². The molecule has 26 heavy (non-hydrogen) atoms. The fraction of sp³-hybridized carbons (Fsp3) is 0.957. The zero-order valence-corrected chi connectivity index (χ0v) is 16.6. The number of carboxylic acid groups (broad SMARTS) is 1. The SMILES string of the molecule is CC12C(CCCC(=O)O)CCC1C1CCC3CCCCC3(CC[C@@H]2O)C1. The predicted molar refractivity (Wildman–Crippen MR) is 103 cm³/mol. The Kier molecular flexibility index (Phi) is 5.14. The van der Waals surface area contributed by atoms with Crippen LogP contribution in [-0.2, 0) is 4.79 Å². The molecule has 4 aliphatic carbocycles. The maximum Gasteiger partial charge on any atom is 0.303 e. The maximum atomic E-state index is 11.3. The molecule has 4 fully saturated rings. The van der Waals surface area contributed by atoms with Crippen LogP contribution in [-0.4, -0.2) is 22.3 Å². The van der Waals surface area contributed by atoms with E-state index in [-0.39, 0.29) is 17.9 Å². The van der Waals surface area contributed by atoms with Gasteiger partial charge >= 0.3 is 5.97 Å². The van der Waals surface area contributed by atoms with Gasteiger partial charge in [0.05, 0.1) is 6.10 Å². The number of fused-ring (bicyclic) bond motifs is 3. The molecule has 3 nitrogen and oxygen atoms in total. The molecule has 2 N–H and O–H groups in total. The van der Waals surface area contributed by atoms with Crippen LogP contribution in [0.5, 0.6) is 0 Å². The molecule has 0 saturated heterocycles. The summed E-state index contributed by atoms with van der Waals surface area (Å²) in [6, 6.07) is 0. The Morgan fingerprint density at radius 2 is 1.88 bits per heavy atom. The summed E-state index contributed by atoms with van der Waals surface area (Å²) in [6.45, 7) is 2.37. The molecule has 0 amide bonds. The van der Waals surface area contributed by atoms with Gasteiger partial charge < -0.3 is 10.2 Å². The molecule has 1 spiro atoms.